The molecule has 84 valence electrons. The van der Waals surface area contributed by atoms with Gasteiger partial charge >= 0.3 is 5.97 Å². The van der Waals surface area contributed by atoms with Crippen LogP contribution in [0, 0.1) is 5.92 Å². The Labute approximate surface area is 93.7 Å². The molecule has 1 aromatic heterocycles. The van der Waals surface area contributed by atoms with Gasteiger partial charge in [0.25, 0.3) is 0 Å². The first-order valence-electron chi connectivity index (χ1n) is 5.32. The standard InChI is InChI=1S/C13H14O3/c1-8(2)5-9-3-4-11-10(6-9)7-12(16-11)13(14)15/h3-4,6-8H,5H2,1-2H3,(H,14,15). The highest BCUT2D eigenvalue weighted by Gasteiger charge is 2.10. The minimum Gasteiger partial charge on any atom is -0.475 e. The molecule has 0 atom stereocenters. The van der Waals surface area contributed by atoms with Crippen molar-refractivity contribution in [3.05, 3.63) is 35.6 Å². The van der Waals surface area contributed by atoms with Crippen LogP contribution in [-0.4, -0.2) is 11.1 Å². The molecule has 3 nitrogen and oxygen atoms in total. The maximum Gasteiger partial charge on any atom is 0.371 e. The van der Waals surface area contributed by atoms with E-state index in [4.69, 9.17) is 9.52 Å². The number of benzene rings is 1. The number of carboxylic acids is 1. The maximum atomic E-state index is 10.7. The predicted molar refractivity (Wildman–Crippen MR) is 61.7 cm³/mol. The van der Waals surface area contributed by atoms with Crippen LogP contribution in [0.4, 0.5) is 0 Å². The monoisotopic (exact) mass is 218 g/mol. The summed E-state index contributed by atoms with van der Waals surface area (Å²) in [6, 6.07) is 7.38. The third-order valence-corrected chi connectivity index (χ3v) is 2.44. The molecule has 2 aromatic rings. The van der Waals surface area contributed by atoms with E-state index < -0.39 is 5.97 Å². The van der Waals surface area contributed by atoms with E-state index in [-0.39, 0.29) is 5.76 Å². The lowest BCUT2D eigenvalue weighted by Crippen LogP contribution is -1.92. The fraction of sp³-hybridized carbons (Fsp3) is 0.308. The number of hydrogen-bond donors (Lipinski definition) is 1. The lowest BCUT2D eigenvalue weighted by atomic mass is 10.0. The number of furan rings is 1. The van der Waals surface area contributed by atoms with Gasteiger partial charge in [0.1, 0.15) is 5.58 Å². The van der Waals surface area contributed by atoms with E-state index in [1.165, 1.54) is 5.56 Å². The van der Waals surface area contributed by atoms with Gasteiger partial charge in [-0.25, -0.2) is 4.79 Å². The van der Waals surface area contributed by atoms with E-state index in [1.807, 2.05) is 18.2 Å². The second-order valence-electron chi connectivity index (χ2n) is 4.39. The molecule has 0 aliphatic carbocycles. The van der Waals surface area contributed by atoms with Gasteiger partial charge < -0.3 is 9.52 Å². The van der Waals surface area contributed by atoms with Gasteiger partial charge in [0.05, 0.1) is 0 Å². The Kier molecular flexibility index (Phi) is 2.69. The fourth-order valence-corrected chi connectivity index (χ4v) is 1.80. The van der Waals surface area contributed by atoms with Crippen molar-refractivity contribution in [2.24, 2.45) is 5.92 Å². The highest BCUT2D eigenvalue weighted by Crippen LogP contribution is 2.22. The summed E-state index contributed by atoms with van der Waals surface area (Å²) in [5.41, 5.74) is 1.84. The Bertz CT molecular complexity index is 523. The highest BCUT2D eigenvalue weighted by molar-refractivity contribution is 5.91. The van der Waals surface area contributed by atoms with Crippen LogP contribution in [0.25, 0.3) is 11.0 Å². The molecule has 0 unspecified atom stereocenters. The smallest absolute Gasteiger partial charge is 0.371 e. The third-order valence-electron chi connectivity index (χ3n) is 2.44. The third kappa shape index (κ3) is 2.08. The number of carbonyl (C=O) groups is 1. The van der Waals surface area contributed by atoms with Gasteiger partial charge in [-0.1, -0.05) is 19.9 Å². The van der Waals surface area contributed by atoms with Crippen molar-refractivity contribution in [3.8, 4) is 0 Å². The number of hydrogen-bond acceptors (Lipinski definition) is 2. The van der Waals surface area contributed by atoms with Crippen molar-refractivity contribution < 1.29 is 14.3 Å². The quantitative estimate of drug-likeness (QED) is 0.859. The van der Waals surface area contributed by atoms with Crippen molar-refractivity contribution in [1.29, 1.82) is 0 Å². The molecule has 0 aliphatic rings. The second kappa shape index (κ2) is 4.00. The van der Waals surface area contributed by atoms with Crippen molar-refractivity contribution in [2.75, 3.05) is 0 Å². The van der Waals surface area contributed by atoms with Crippen molar-refractivity contribution >= 4 is 16.9 Å². The van der Waals surface area contributed by atoms with E-state index in [1.54, 1.807) is 6.07 Å². The van der Waals surface area contributed by atoms with Crippen molar-refractivity contribution in [2.45, 2.75) is 20.3 Å². The molecular weight excluding hydrogens is 204 g/mol. The lowest BCUT2D eigenvalue weighted by molar-refractivity contribution is 0.0665. The average molecular weight is 218 g/mol. The zero-order chi connectivity index (χ0) is 11.7. The summed E-state index contributed by atoms with van der Waals surface area (Å²) in [6.45, 7) is 4.31. The first kappa shape index (κ1) is 10.7. The lowest BCUT2D eigenvalue weighted by Gasteiger charge is -2.03. The zero-order valence-electron chi connectivity index (χ0n) is 9.36. The van der Waals surface area contributed by atoms with Gasteiger partial charge in [-0.3, -0.25) is 0 Å². The van der Waals surface area contributed by atoms with Crippen LogP contribution >= 0.6 is 0 Å². The SMILES string of the molecule is CC(C)Cc1ccc2oc(C(=O)O)cc2c1. The highest BCUT2D eigenvalue weighted by atomic mass is 16.4. The molecule has 0 fully saturated rings. The maximum absolute atomic E-state index is 10.7. The molecule has 1 aromatic carbocycles. The van der Waals surface area contributed by atoms with E-state index in [2.05, 4.69) is 13.8 Å². The molecule has 16 heavy (non-hydrogen) atoms. The fourth-order valence-electron chi connectivity index (χ4n) is 1.80. The van der Waals surface area contributed by atoms with Crippen LogP contribution in [-0.2, 0) is 6.42 Å². The van der Waals surface area contributed by atoms with Crippen LogP contribution < -0.4 is 0 Å². The van der Waals surface area contributed by atoms with E-state index >= 15 is 0 Å². The van der Waals surface area contributed by atoms with Gasteiger partial charge in [-0.05, 0) is 36.1 Å². The largest absolute Gasteiger partial charge is 0.475 e. The summed E-state index contributed by atoms with van der Waals surface area (Å²) in [5, 5.41) is 9.66. The molecule has 0 spiro atoms. The van der Waals surface area contributed by atoms with Crippen LogP contribution in [0.3, 0.4) is 0 Å². The summed E-state index contributed by atoms with van der Waals surface area (Å²) in [5.74, 6) is -0.443. The van der Waals surface area contributed by atoms with Crippen molar-refractivity contribution in [1.82, 2.24) is 0 Å². The van der Waals surface area contributed by atoms with Crippen LogP contribution in [0.15, 0.2) is 28.7 Å². The molecule has 0 radical (unpaired) electrons. The Morgan fingerprint density at radius 2 is 2.12 bits per heavy atom. The molecule has 0 aliphatic heterocycles. The Morgan fingerprint density at radius 1 is 1.38 bits per heavy atom. The number of aromatic carboxylic acids is 1. The van der Waals surface area contributed by atoms with Gasteiger partial charge in [0.15, 0.2) is 0 Å². The molecule has 1 N–H and O–H groups in total. The summed E-state index contributed by atoms with van der Waals surface area (Å²) in [4.78, 5) is 10.7. The summed E-state index contributed by atoms with van der Waals surface area (Å²) in [6.07, 6.45) is 0.990. The van der Waals surface area contributed by atoms with Gasteiger partial charge in [-0.2, -0.15) is 0 Å². The molecular formula is C13H14O3. The van der Waals surface area contributed by atoms with Gasteiger partial charge in [0.2, 0.25) is 5.76 Å². The molecule has 1 heterocycles. The topological polar surface area (TPSA) is 50.4 Å². The normalized spacial score (nSPS) is 11.2. The Morgan fingerprint density at radius 3 is 2.75 bits per heavy atom. The Hall–Kier alpha value is -1.77. The molecule has 3 heteroatoms. The molecule has 2 rings (SSSR count). The average Bonchev–Trinajstić information content (AvgIpc) is 2.59. The predicted octanol–water partition coefficient (Wildman–Crippen LogP) is 3.33. The number of carboxylic acid groups (broad SMARTS) is 1. The molecule has 0 saturated heterocycles. The number of fused-ring (bicyclic) bond motifs is 1. The van der Waals surface area contributed by atoms with Crippen LogP contribution in [0.2, 0.25) is 0 Å². The Balaban J connectivity index is 2.41. The minimum absolute atomic E-state index is 0.00306. The molecule has 0 amide bonds. The minimum atomic E-state index is -1.03. The van der Waals surface area contributed by atoms with E-state index in [0.717, 1.165) is 11.8 Å². The molecule has 0 bridgehead atoms. The van der Waals surface area contributed by atoms with Crippen LogP contribution in [0.1, 0.15) is 30.0 Å². The first-order valence-corrected chi connectivity index (χ1v) is 5.32. The van der Waals surface area contributed by atoms with E-state index in [9.17, 15) is 4.79 Å². The van der Waals surface area contributed by atoms with E-state index in [0.29, 0.717) is 11.5 Å². The summed E-state index contributed by atoms with van der Waals surface area (Å²) < 4.78 is 5.19. The van der Waals surface area contributed by atoms with Gasteiger partial charge in [0, 0.05) is 5.39 Å². The van der Waals surface area contributed by atoms with Crippen molar-refractivity contribution in [3.63, 3.8) is 0 Å². The van der Waals surface area contributed by atoms with Crippen LogP contribution in [0.5, 0.6) is 0 Å². The summed E-state index contributed by atoms with van der Waals surface area (Å²) in [7, 11) is 0. The molecule has 0 saturated carbocycles. The zero-order valence-corrected chi connectivity index (χ0v) is 9.36. The first-order chi connectivity index (χ1) is 7.56. The van der Waals surface area contributed by atoms with Gasteiger partial charge in [-0.15, -0.1) is 0 Å². The number of rotatable bonds is 3. The summed E-state index contributed by atoms with van der Waals surface area (Å²) >= 11 is 0. The second-order valence-corrected chi connectivity index (χ2v) is 4.39.